The Morgan fingerprint density at radius 2 is 1.97 bits per heavy atom. The molecule has 1 aromatic heterocycles. The normalized spacial score (nSPS) is 19.8. The Kier molecular flexibility index (Phi) is 4.64. The van der Waals surface area contributed by atoms with Crippen LogP contribution < -0.4 is 9.47 Å². The number of rotatable bonds is 4. The van der Waals surface area contributed by atoms with Gasteiger partial charge in [0.1, 0.15) is 0 Å². The number of para-hydroxylation sites is 1. The molecule has 3 aromatic rings. The van der Waals surface area contributed by atoms with Crippen LogP contribution in [0.3, 0.4) is 0 Å². The van der Waals surface area contributed by atoms with E-state index in [1.165, 1.54) is 4.90 Å². The van der Waals surface area contributed by atoms with Gasteiger partial charge in [0.05, 0.1) is 18.9 Å². The van der Waals surface area contributed by atoms with E-state index in [9.17, 15) is 0 Å². The SMILES string of the molecule is COc1cccc2c1OC(c1ccc(SC)cc1)N1N=C(c3cccnc3)CC21. The number of hydrazone groups is 1. The molecule has 0 saturated carbocycles. The number of pyridine rings is 1. The zero-order chi connectivity index (χ0) is 19.8. The maximum Gasteiger partial charge on any atom is 0.214 e. The second kappa shape index (κ2) is 7.44. The Bertz CT molecular complexity index is 1050. The summed E-state index contributed by atoms with van der Waals surface area (Å²) >= 11 is 1.73. The first-order chi connectivity index (χ1) is 14.3. The monoisotopic (exact) mass is 403 g/mol. The van der Waals surface area contributed by atoms with Gasteiger partial charge in [-0.1, -0.05) is 30.3 Å². The van der Waals surface area contributed by atoms with Crippen molar-refractivity contribution in [2.45, 2.75) is 23.6 Å². The van der Waals surface area contributed by atoms with Crippen LogP contribution in [0.1, 0.15) is 35.4 Å². The van der Waals surface area contributed by atoms with Crippen LogP contribution in [0, 0.1) is 0 Å². The number of fused-ring (bicyclic) bond motifs is 3. The number of nitrogens with zero attached hydrogens (tertiary/aromatic N) is 3. The lowest BCUT2D eigenvalue weighted by Gasteiger charge is -2.38. The fourth-order valence-electron chi connectivity index (χ4n) is 3.94. The van der Waals surface area contributed by atoms with Crippen molar-refractivity contribution >= 4 is 17.5 Å². The fourth-order valence-corrected chi connectivity index (χ4v) is 4.35. The number of thioether (sulfide) groups is 1. The number of ether oxygens (including phenoxy) is 2. The molecule has 2 unspecified atom stereocenters. The summed E-state index contributed by atoms with van der Waals surface area (Å²) < 4.78 is 12.1. The maximum absolute atomic E-state index is 6.48. The zero-order valence-electron chi connectivity index (χ0n) is 16.3. The predicted octanol–water partition coefficient (Wildman–Crippen LogP) is 5.05. The van der Waals surface area contributed by atoms with Crippen LogP contribution in [-0.4, -0.2) is 29.1 Å². The highest BCUT2D eigenvalue weighted by atomic mass is 32.2. The lowest BCUT2D eigenvalue weighted by Crippen LogP contribution is -2.33. The minimum absolute atomic E-state index is 0.0919. The van der Waals surface area contributed by atoms with E-state index in [0.29, 0.717) is 0 Å². The van der Waals surface area contributed by atoms with E-state index in [2.05, 4.69) is 52.6 Å². The van der Waals surface area contributed by atoms with E-state index < -0.39 is 0 Å². The van der Waals surface area contributed by atoms with Crippen molar-refractivity contribution in [2.75, 3.05) is 13.4 Å². The molecular weight excluding hydrogens is 382 g/mol. The number of benzene rings is 2. The first-order valence-corrected chi connectivity index (χ1v) is 10.7. The van der Waals surface area contributed by atoms with E-state index in [0.717, 1.165) is 40.3 Å². The summed E-state index contributed by atoms with van der Waals surface area (Å²) in [4.78, 5) is 5.48. The summed E-state index contributed by atoms with van der Waals surface area (Å²) in [5, 5.41) is 7.06. The molecule has 0 radical (unpaired) electrons. The lowest BCUT2D eigenvalue weighted by molar-refractivity contribution is -0.0209. The average Bonchev–Trinajstić information content (AvgIpc) is 3.24. The smallest absolute Gasteiger partial charge is 0.214 e. The van der Waals surface area contributed by atoms with Crippen molar-refractivity contribution in [3.63, 3.8) is 0 Å². The van der Waals surface area contributed by atoms with Gasteiger partial charge < -0.3 is 9.47 Å². The molecule has 0 aliphatic carbocycles. The Morgan fingerprint density at radius 3 is 2.69 bits per heavy atom. The van der Waals surface area contributed by atoms with Gasteiger partial charge in [0.2, 0.25) is 6.23 Å². The van der Waals surface area contributed by atoms with E-state index in [-0.39, 0.29) is 12.3 Å². The summed E-state index contributed by atoms with van der Waals surface area (Å²) in [6.45, 7) is 0. The molecule has 0 amide bonds. The molecule has 5 nitrogen and oxygen atoms in total. The molecular formula is C23H21N3O2S. The number of hydrogen-bond acceptors (Lipinski definition) is 6. The molecule has 2 atom stereocenters. The van der Waals surface area contributed by atoms with Crippen molar-refractivity contribution in [3.05, 3.63) is 83.7 Å². The third kappa shape index (κ3) is 3.13. The third-order valence-electron chi connectivity index (χ3n) is 5.40. The molecule has 0 bridgehead atoms. The predicted molar refractivity (Wildman–Crippen MR) is 115 cm³/mol. The Balaban J connectivity index is 1.60. The molecule has 2 aromatic carbocycles. The van der Waals surface area contributed by atoms with E-state index in [1.54, 1.807) is 25.1 Å². The van der Waals surface area contributed by atoms with Crippen LogP contribution in [0.4, 0.5) is 0 Å². The highest BCUT2D eigenvalue weighted by Crippen LogP contribution is 2.50. The van der Waals surface area contributed by atoms with Gasteiger partial charge in [-0.2, -0.15) is 5.10 Å². The second-order valence-corrected chi connectivity index (χ2v) is 7.89. The molecule has 2 aliphatic heterocycles. The summed E-state index contributed by atoms with van der Waals surface area (Å²) in [6.07, 6.45) is 6.22. The van der Waals surface area contributed by atoms with Crippen LogP contribution in [0.15, 0.2) is 77.0 Å². The van der Waals surface area contributed by atoms with Crippen molar-refractivity contribution in [2.24, 2.45) is 5.10 Å². The van der Waals surface area contributed by atoms with Gasteiger partial charge in [0.25, 0.3) is 0 Å². The van der Waals surface area contributed by atoms with Gasteiger partial charge in [-0.15, -0.1) is 11.8 Å². The van der Waals surface area contributed by atoms with Crippen LogP contribution >= 0.6 is 11.8 Å². The summed E-state index contributed by atoms with van der Waals surface area (Å²) in [5.41, 5.74) is 4.24. The number of methoxy groups -OCH3 is 1. The number of aromatic nitrogens is 1. The number of hydrogen-bond donors (Lipinski definition) is 0. The van der Waals surface area contributed by atoms with E-state index in [1.807, 2.05) is 24.4 Å². The standard InChI is InChI=1S/C23H21N3O2S/c1-27-21-7-3-6-18-20-13-19(16-5-4-12-24-14-16)25-26(20)23(28-22(18)21)15-8-10-17(29-2)11-9-15/h3-12,14,20,23H,13H2,1-2H3. The minimum atomic E-state index is -0.311. The fraction of sp³-hybridized carbons (Fsp3) is 0.217. The van der Waals surface area contributed by atoms with Crippen LogP contribution in [-0.2, 0) is 0 Å². The highest BCUT2D eigenvalue weighted by molar-refractivity contribution is 7.98. The maximum atomic E-state index is 6.48. The topological polar surface area (TPSA) is 47.0 Å². The molecule has 29 heavy (non-hydrogen) atoms. The van der Waals surface area contributed by atoms with Crippen molar-refractivity contribution in [3.8, 4) is 11.5 Å². The van der Waals surface area contributed by atoms with Gasteiger partial charge in [-0.3, -0.25) is 4.98 Å². The van der Waals surface area contributed by atoms with Crippen molar-refractivity contribution in [1.29, 1.82) is 0 Å². The first kappa shape index (κ1) is 18.1. The summed E-state index contributed by atoms with van der Waals surface area (Å²) in [5.74, 6) is 1.56. The largest absolute Gasteiger partial charge is 0.493 e. The third-order valence-corrected chi connectivity index (χ3v) is 6.14. The molecule has 2 aliphatic rings. The average molecular weight is 404 g/mol. The molecule has 0 spiro atoms. The van der Waals surface area contributed by atoms with Crippen molar-refractivity contribution < 1.29 is 9.47 Å². The molecule has 3 heterocycles. The van der Waals surface area contributed by atoms with Gasteiger partial charge in [-0.25, -0.2) is 5.01 Å². The quantitative estimate of drug-likeness (QED) is 0.570. The van der Waals surface area contributed by atoms with E-state index in [4.69, 9.17) is 14.6 Å². The second-order valence-electron chi connectivity index (χ2n) is 7.01. The van der Waals surface area contributed by atoms with Gasteiger partial charge in [-0.05, 0) is 30.5 Å². The lowest BCUT2D eigenvalue weighted by atomic mass is 9.96. The molecule has 6 heteroatoms. The molecule has 0 N–H and O–H groups in total. The zero-order valence-corrected chi connectivity index (χ0v) is 17.1. The van der Waals surface area contributed by atoms with Crippen LogP contribution in [0.2, 0.25) is 0 Å². The summed E-state index contributed by atoms with van der Waals surface area (Å²) in [6, 6.07) is 18.6. The molecule has 0 saturated heterocycles. The molecule has 0 fully saturated rings. The first-order valence-electron chi connectivity index (χ1n) is 9.52. The Labute approximate surface area is 174 Å². The minimum Gasteiger partial charge on any atom is -0.493 e. The van der Waals surface area contributed by atoms with Gasteiger partial charge in [0, 0.05) is 40.4 Å². The molecule has 5 rings (SSSR count). The van der Waals surface area contributed by atoms with Crippen molar-refractivity contribution in [1.82, 2.24) is 9.99 Å². The Hall–Kier alpha value is -2.99. The van der Waals surface area contributed by atoms with Gasteiger partial charge >= 0.3 is 0 Å². The Morgan fingerprint density at radius 1 is 1.10 bits per heavy atom. The summed E-state index contributed by atoms with van der Waals surface area (Å²) in [7, 11) is 1.68. The van der Waals surface area contributed by atoms with Crippen LogP contribution in [0.25, 0.3) is 0 Å². The molecule has 146 valence electrons. The highest BCUT2D eigenvalue weighted by Gasteiger charge is 2.42. The van der Waals surface area contributed by atoms with Crippen LogP contribution in [0.5, 0.6) is 11.5 Å². The van der Waals surface area contributed by atoms with Gasteiger partial charge in [0.15, 0.2) is 11.5 Å². The van der Waals surface area contributed by atoms with E-state index >= 15 is 0 Å².